The molecule has 0 fully saturated rings. The standard InChI is InChI=1S/C9H17NO2S2/c1-5-10(6-2)12-9(13)14-8(4)7(3)11/h8H,5-6H2,1-4H3. The van der Waals surface area contributed by atoms with Crippen LogP contribution in [0.2, 0.25) is 0 Å². The lowest BCUT2D eigenvalue weighted by molar-refractivity contribution is -0.116. The number of rotatable bonds is 5. The molecule has 0 aromatic carbocycles. The highest BCUT2D eigenvalue weighted by Gasteiger charge is 2.13. The zero-order valence-corrected chi connectivity index (χ0v) is 10.7. The zero-order chi connectivity index (χ0) is 11.1. The van der Waals surface area contributed by atoms with Gasteiger partial charge >= 0.3 is 0 Å². The van der Waals surface area contributed by atoms with Crippen LogP contribution >= 0.6 is 24.0 Å². The van der Waals surface area contributed by atoms with E-state index < -0.39 is 0 Å². The van der Waals surface area contributed by atoms with Gasteiger partial charge in [-0.05, 0) is 39.9 Å². The minimum absolute atomic E-state index is 0.112. The van der Waals surface area contributed by atoms with Crippen molar-refractivity contribution in [2.45, 2.75) is 32.9 Å². The summed E-state index contributed by atoms with van der Waals surface area (Å²) in [6.45, 7) is 8.93. The number of nitrogens with zero attached hydrogens (tertiary/aromatic N) is 1. The average Bonchev–Trinajstić information content (AvgIpc) is 2.13. The van der Waals surface area contributed by atoms with Gasteiger partial charge in [0.2, 0.25) is 4.38 Å². The predicted octanol–water partition coefficient (Wildman–Crippen LogP) is 2.26. The summed E-state index contributed by atoms with van der Waals surface area (Å²) in [6, 6.07) is 0. The molecule has 3 nitrogen and oxygen atoms in total. The van der Waals surface area contributed by atoms with Crippen LogP contribution in [0.25, 0.3) is 0 Å². The molecule has 0 amide bonds. The number of ketones is 1. The molecule has 0 spiro atoms. The summed E-state index contributed by atoms with van der Waals surface area (Å²) >= 11 is 6.29. The fourth-order valence-electron chi connectivity index (χ4n) is 0.707. The highest BCUT2D eigenvalue weighted by molar-refractivity contribution is 8.23. The van der Waals surface area contributed by atoms with Crippen molar-refractivity contribution in [2.24, 2.45) is 0 Å². The fraction of sp³-hybridized carbons (Fsp3) is 0.778. The first-order valence-electron chi connectivity index (χ1n) is 4.65. The topological polar surface area (TPSA) is 29.5 Å². The van der Waals surface area contributed by atoms with Gasteiger partial charge in [0.1, 0.15) is 5.78 Å². The molecule has 0 heterocycles. The molecule has 0 radical (unpaired) electrons. The zero-order valence-electron chi connectivity index (χ0n) is 9.07. The van der Waals surface area contributed by atoms with Crippen LogP contribution in [0.5, 0.6) is 0 Å². The number of hydroxylamine groups is 2. The highest BCUT2D eigenvalue weighted by Crippen LogP contribution is 2.15. The highest BCUT2D eigenvalue weighted by atomic mass is 32.2. The number of hydrogen-bond donors (Lipinski definition) is 0. The predicted molar refractivity (Wildman–Crippen MR) is 64.3 cm³/mol. The third-order valence-corrected chi connectivity index (χ3v) is 3.07. The molecule has 0 saturated carbocycles. The van der Waals surface area contributed by atoms with Gasteiger partial charge in [0.05, 0.1) is 5.25 Å². The Kier molecular flexibility index (Phi) is 7.13. The summed E-state index contributed by atoms with van der Waals surface area (Å²) in [4.78, 5) is 16.3. The summed E-state index contributed by atoms with van der Waals surface area (Å²) < 4.78 is 0.413. The largest absolute Gasteiger partial charge is 0.387 e. The number of carbonyl (C=O) groups excluding carboxylic acids is 1. The van der Waals surface area contributed by atoms with Crippen molar-refractivity contribution in [2.75, 3.05) is 13.1 Å². The quantitative estimate of drug-likeness (QED) is 0.538. The van der Waals surface area contributed by atoms with Gasteiger partial charge in [-0.2, -0.15) is 0 Å². The molecule has 0 aliphatic carbocycles. The first kappa shape index (κ1) is 13.9. The molecule has 0 aromatic heterocycles. The van der Waals surface area contributed by atoms with E-state index in [0.717, 1.165) is 13.1 Å². The minimum atomic E-state index is -0.127. The Hall–Kier alpha value is -0.130. The average molecular weight is 235 g/mol. The molecule has 0 aliphatic rings. The fourth-order valence-corrected chi connectivity index (χ4v) is 1.85. The van der Waals surface area contributed by atoms with Crippen LogP contribution < -0.4 is 0 Å². The number of thiocarbonyl (C=S) groups is 1. The number of hydrogen-bond acceptors (Lipinski definition) is 5. The Morgan fingerprint density at radius 1 is 1.50 bits per heavy atom. The molecule has 82 valence electrons. The number of carbonyl (C=O) groups is 1. The lowest BCUT2D eigenvalue weighted by Crippen LogP contribution is -2.26. The normalized spacial score (nSPS) is 12.6. The molecule has 0 aliphatic heterocycles. The van der Waals surface area contributed by atoms with Crippen LogP contribution in [0.4, 0.5) is 0 Å². The van der Waals surface area contributed by atoms with E-state index in [4.69, 9.17) is 17.1 Å². The maximum Gasteiger partial charge on any atom is 0.245 e. The Morgan fingerprint density at radius 2 is 2.00 bits per heavy atom. The van der Waals surface area contributed by atoms with Crippen molar-refractivity contribution < 1.29 is 9.63 Å². The third-order valence-electron chi connectivity index (χ3n) is 1.75. The van der Waals surface area contributed by atoms with Gasteiger partial charge in [0.15, 0.2) is 0 Å². The number of thioether (sulfide) groups is 1. The molecular weight excluding hydrogens is 218 g/mol. The van der Waals surface area contributed by atoms with Crippen LogP contribution in [0.15, 0.2) is 0 Å². The minimum Gasteiger partial charge on any atom is -0.387 e. The molecule has 0 N–H and O–H groups in total. The van der Waals surface area contributed by atoms with Gasteiger partial charge in [-0.1, -0.05) is 11.8 Å². The Morgan fingerprint density at radius 3 is 2.36 bits per heavy atom. The van der Waals surface area contributed by atoms with Crippen LogP contribution in [0, 0.1) is 0 Å². The summed E-state index contributed by atoms with van der Waals surface area (Å²) in [5, 5.41) is 1.63. The Balaban J connectivity index is 3.91. The summed E-state index contributed by atoms with van der Waals surface area (Å²) in [5.41, 5.74) is 0. The van der Waals surface area contributed by atoms with E-state index in [1.165, 1.54) is 11.8 Å². The van der Waals surface area contributed by atoms with Crippen molar-refractivity contribution in [3.63, 3.8) is 0 Å². The molecule has 0 bridgehead atoms. The first-order valence-corrected chi connectivity index (χ1v) is 5.94. The van der Waals surface area contributed by atoms with E-state index >= 15 is 0 Å². The van der Waals surface area contributed by atoms with E-state index in [-0.39, 0.29) is 11.0 Å². The van der Waals surface area contributed by atoms with Crippen molar-refractivity contribution >= 4 is 34.1 Å². The van der Waals surface area contributed by atoms with Gasteiger partial charge in [-0.3, -0.25) is 4.79 Å². The molecule has 0 saturated heterocycles. The molecule has 0 rings (SSSR count). The van der Waals surface area contributed by atoms with Crippen molar-refractivity contribution in [1.29, 1.82) is 0 Å². The van der Waals surface area contributed by atoms with E-state index in [0.29, 0.717) is 4.38 Å². The van der Waals surface area contributed by atoms with E-state index in [1.54, 1.807) is 12.0 Å². The second-order valence-corrected chi connectivity index (χ2v) is 4.77. The molecule has 1 atom stereocenters. The number of Topliss-reactive ketones (excluding diaryl/α,β-unsaturated/α-hetero) is 1. The van der Waals surface area contributed by atoms with Crippen LogP contribution in [-0.2, 0) is 9.63 Å². The van der Waals surface area contributed by atoms with Gasteiger partial charge in [-0.15, -0.1) is 5.06 Å². The van der Waals surface area contributed by atoms with E-state index in [1.807, 2.05) is 20.8 Å². The van der Waals surface area contributed by atoms with Crippen LogP contribution in [0.1, 0.15) is 27.7 Å². The van der Waals surface area contributed by atoms with Crippen LogP contribution in [-0.4, -0.2) is 33.6 Å². The van der Waals surface area contributed by atoms with Gasteiger partial charge < -0.3 is 4.84 Å². The third kappa shape index (κ3) is 5.57. The summed E-state index contributed by atoms with van der Waals surface area (Å²) in [6.07, 6.45) is 0. The smallest absolute Gasteiger partial charge is 0.245 e. The second-order valence-electron chi connectivity index (χ2n) is 2.83. The van der Waals surface area contributed by atoms with E-state index in [9.17, 15) is 4.79 Å². The lowest BCUT2D eigenvalue weighted by Gasteiger charge is -2.19. The second kappa shape index (κ2) is 7.20. The Labute approximate surface area is 95.1 Å². The monoisotopic (exact) mass is 235 g/mol. The molecular formula is C9H17NO2S2. The summed E-state index contributed by atoms with van der Waals surface area (Å²) in [5.74, 6) is 0.112. The van der Waals surface area contributed by atoms with E-state index in [2.05, 4.69) is 0 Å². The maximum absolute atomic E-state index is 11.0. The molecule has 0 aromatic rings. The maximum atomic E-state index is 11.0. The first-order chi connectivity index (χ1) is 6.51. The lowest BCUT2D eigenvalue weighted by atomic mass is 10.3. The van der Waals surface area contributed by atoms with Gasteiger partial charge in [0, 0.05) is 13.1 Å². The molecule has 1 unspecified atom stereocenters. The van der Waals surface area contributed by atoms with Gasteiger partial charge in [0.25, 0.3) is 0 Å². The molecule has 5 heteroatoms. The van der Waals surface area contributed by atoms with Crippen LogP contribution in [0.3, 0.4) is 0 Å². The summed E-state index contributed by atoms with van der Waals surface area (Å²) in [7, 11) is 0. The SMILES string of the molecule is CCN(CC)OC(=S)SC(C)C(C)=O. The molecule has 14 heavy (non-hydrogen) atoms. The van der Waals surface area contributed by atoms with Crippen molar-refractivity contribution in [3.8, 4) is 0 Å². The van der Waals surface area contributed by atoms with Crippen molar-refractivity contribution in [1.82, 2.24) is 5.06 Å². The van der Waals surface area contributed by atoms with Gasteiger partial charge in [-0.25, -0.2) is 0 Å². The van der Waals surface area contributed by atoms with Crippen molar-refractivity contribution in [3.05, 3.63) is 0 Å². The Bertz CT molecular complexity index is 205.